The summed E-state index contributed by atoms with van der Waals surface area (Å²) >= 11 is 5.67. The summed E-state index contributed by atoms with van der Waals surface area (Å²) in [7, 11) is 0. The van der Waals surface area contributed by atoms with Gasteiger partial charge in [0.25, 0.3) is 0 Å². The Labute approximate surface area is 95.3 Å². The largest absolute Gasteiger partial charge is 0.207 e. The fraction of sp³-hybridized carbons (Fsp3) is 0. The number of halogens is 4. The molecule has 0 nitrogen and oxygen atoms in total. The molecule has 81 valence electrons. The Bertz CT molecular complexity index is 538. The van der Waals surface area contributed by atoms with Gasteiger partial charge in [0.2, 0.25) is 0 Å². The molecular weight excluding hydrogens is 237 g/mol. The molecule has 0 N–H and O–H groups in total. The lowest BCUT2D eigenvalue weighted by atomic mass is 10.0. The van der Waals surface area contributed by atoms with Crippen LogP contribution in [0.25, 0.3) is 11.1 Å². The predicted molar refractivity (Wildman–Crippen MR) is 55.6 cm³/mol. The number of hydrogen-bond donors (Lipinski definition) is 0. The maximum absolute atomic E-state index is 13.4. The highest BCUT2D eigenvalue weighted by Crippen LogP contribution is 2.31. The lowest BCUT2D eigenvalue weighted by Crippen LogP contribution is -1.89. The summed E-state index contributed by atoms with van der Waals surface area (Å²) < 4.78 is 39.2. The van der Waals surface area contributed by atoms with E-state index in [0.717, 1.165) is 12.1 Å². The molecule has 0 saturated carbocycles. The molecule has 1 radical (unpaired) electrons. The van der Waals surface area contributed by atoms with Crippen LogP contribution in [-0.2, 0) is 0 Å². The van der Waals surface area contributed by atoms with E-state index < -0.39 is 17.5 Å². The van der Waals surface area contributed by atoms with Crippen molar-refractivity contribution in [3.63, 3.8) is 0 Å². The second-order valence-electron chi connectivity index (χ2n) is 3.14. The Kier molecular flexibility index (Phi) is 2.88. The first-order valence-corrected chi connectivity index (χ1v) is 4.78. The molecule has 0 heterocycles. The van der Waals surface area contributed by atoms with Gasteiger partial charge in [-0.1, -0.05) is 23.7 Å². The van der Waals surface area contributed by atoms with Crippen LogP contribution in [-0.4, -0.2) is 0 Å². The Hall–Kier alpha value is -1.48. The molecule has 0 amide bonds. The normalized spacial score (nSPS) is 10.5. The van der Waals surface area contributed by atoms with Crippen LogP contribution in [0.2, 0.25) is 5.02 Å². The zero-order chi connectivity index (χ0) is 11.7. The van der Waals surface area contributed by atoms with Gasteiger partial charge in [-0.25, -0.2) is 13.2 Å². The van der Waals surface area contributed by atoms with E-state index in [2.05, 4.69) is 6.07 Å². The smallest absolute Gasteiger partial charge is 0.150 e. The Morgan fingerprint density at radius 3 is 2.44 bits per heavy atom. The highest BCUT2D eigenvalue weighted by atomic mass is 35.5. The summed E-state index contributed by atoms with van der Waals surface area (Å²) in [6.45, 7) is 0. The monoisotopic (exact) mass is 241 g/mol. The summed E-state index contributed by atoms with van der Waals surface area (Å²) in [5.41, 5.74) is 0.231. The molecule has 16 heavy (non-hydrogen) atoms. The quantitative estimate of drug-likeness (QED) is 0.701. The molecule has 0 aliphatic rings. The molecule has 2 aromatic carbocycles. The predicted octanol–water partition coefficient (Wildman–Crippen LogP) is 4.22. The minimum atomic E-state index is -0.785. The van der Waals surface area contributed by atoms with E-state index in [4.69, 9.17) is 11.6 Å². The third-order valence-corrected chi connectivity index (χ3v) is 2.48. The molecule has 0 bridgehead atoms. The van der Waals surface area contributed by atoms with Gasteiger partial charge in [-0.15, -0.1) is 0 Å². The summed E-state index contributed by atoms with van der Waals surface area (Å²) in [6.07, 6.45) is 0. The molecule has 0 aliphatic heterocycles. The second-order valence-corrected chi connectivity index (χ2v) is 3.52. The summed E-state index contributed by atoms with van der Waals surface area (Å²) in [4.78, 5) is 0. The summed E-state index contributed by atoms with van der Waals surface area (Å²) in [5, 5.41) is -0.229. The zero-order valence-corrected chi connectivity index (χ0v) is 8.65. The first-order valence-electron chi connectivity index (χ1n) is 4.40. The van der Waals surface area contributed by atoms with Crippen LogP contribution in [0.4, 0.5) is 13.2 Å². The van der Waals surface area contributed by atoms with Crippen molar-refractivity contribution in [1.29, 1.82) is 0 Å². The second kappa shape index (κ2) is 4.18. The van der Waals surface area contributed by atoms with Gasteiger partial charge >= 0.3 is 0 Å². The highest BCUT2D eigenvalue weighted by molar-refractivity contribution is 6.33. The average molecular weight is 242 g/mol. The van der Waals surface area contributed by atoms with Crippen LogP contribution >= 0.6 is 11.6 Å². The topological polar surface area (TPSA) is 0 Å². The number of hydrogen-bond acceptors (Lipinski definition) is 0. The van der Waals surface area contributed by atoms with Crippen LogP contribution in [0.5, 0.6) is 0 Å². The van der Waals surface area contributed by atoms with Gasteiger partial charge in [-0.05, 0) is 12.1 Å². The zero-order valence-electron chi connectivity index (χ0n) is 7.90. The fourth-order valence-corrected chi connectivity index (χ4v) is 1.59. The van der Waals surface area contributed by atoms with Crippen LogP contribution in [0, 0.1) is 23.5 Å². The molecule has 0 spiro atoms. The van der Waals surface area contributed by atoms with E-state index in [1.54, 1.807) is 0 Å². The molecule has 0 unspecified atom stereocenters. The molecule has 0 atom stereocenters. The van der Waals surface area contributed by atoms with E-state index in [0.29, 0.717) is 0 Å². The maximum Gasteiger partial charge on any atom is 0.150 e. The van der Waals surface area contributed by atoms with Crippen molar-refractivity contribution in [2.45, 2.75) is 0 Å². The molecule has 0 aromatic heterocycles. The minimum absolute atomic E-state index is 0.0549. The summed E-state index contributed by atoms with van der Waals surface area (Å²) in [6, 6.07) is 7.98. The van der Waals surface area contributed by atoms with E-state index in [1.807, 2.05) is 0 Å². The Balaban J connectivity index is 2.63. The molecule has 0 fully saturated rings. The number of rotatable bonds is 1. The van der Waals surface area contributed by atoms with Crippen molar-refractivity contribution in [3.8, 4) is 11.1 Å². The third-order valence-electron chi connectivity index (χ3n) is 2.11. The molecule has 2 aromatic rings. The molecular formula is C12H5ClF3. The van der Waals surface area contributed by atoms with Gasteiger partial charge in [0, 0.05) is 23.3 Å². The van der Waals surface area contributed by atoms with Gasteiger partial charge in [0.1, 0.15) is 17.5 Å². The fourth-order valence-electron chi connectivity index (χ4n) is 1.37. The van der Waals surface area contributed by atoms with Crippen LogP contribution in [0.3, 0.4) is 0 Å². The van der Waals surface area contributed by atoms with Crippen molar-refractivity contribution < 1.29 is 13.2 Å². The van der Waals surface area contributed by atoms with Crippen molar-refractivity contribution in [1.82, 2.24) is 0 Å². The first-order chi connectivity index (χ1) is 7.59. The van der Waals surface area contributed by atoms with Crippen molar-refractivity contribution in [3.05, 3.63) is 58.9 Å². The lowest BCUT2D eigenvalue weighted by molar-refractivity contribution is 0.585. The average Bonchev–Trinajstić information content (AvgIpc) is 2.23. The molecule has 2 rings (SSSR count). The van der Waals surface area contributed by atoms with Gasteiger partial charge in [0.15, 0.2) is 0 Å². The lowest BCUT2D eigenvalue weighted by Gasteiger charge is -2.06. The third kappa shape index (κ3) is 1.91. The van der Waals surface area contributed by atoms with Gasteiger partial charge < -0.3 is 0 Å². The van der Waals surface area contributed by atoms with E-state index in [1.165, 1.54) is 18.2 Å². The Morgan fingerprint density at radius 1 is 1.00 bits per heavy atom. The van der Waals surface area contributed by atoms with Crippen LogP contribution < -0.4 is 0 Å². The highest BCUT2D eigenvalue weighted by Gasteiger charge is 2.12. The summed E-state index contributed by atoms with van der Waals surface area (Å²) in [5.74, 6) is -2.24. The molecule has 0 aliphatic carbocycles. The van der Waals surface area contributed by atoms with Crippen molar-refractivity contribution >= 4 is 11.6 Å². The van der Waals surface area contributed by atoms with Crippen LogP contribution in [0.1, 0.15) is 0 Å². The molecule has 4 heteroatoms. The Morgan fingerprint density at radius 2 is 1.75 bits per heavy atom. The van der Waals surface area contributed by atoms with E-state index in [-0.39, 0.29) is 16.1 Å². The standard InChI is InChI=1S/C12H5ClF3/c13-12-9(2-1-3-10(12)15)8-5-4-7(14)6-11(8)16/h1-2,4-6H. The van der Waals surface area contributed by atoms with Crippen molar-refractivity contribution in [2.24, 2.45) is 0 Å². The SMILES string of the molecule is Fc1ccc(-c2cc[c]c(F)c2Cl)c(F)c1. The van der Waals surface area contributed by atoms with Gasteiger partial charge in [0.05, 0.1) is 5.02 Å². The number of benzene rings is 2. The minimum Gasteiger partial charge on any atom is -0.207 e. The van der Waals surface area contributed by atoms with Gasteiger partial charge in [-0.2, -0.15) is 0 Å². The molecule has 0 saturated heterocycles. The first kappa shape index (κ1) is 11.0. The van der Waals surface area contributed by atoms with Gasteiger partial charge in [-0.3, -0.25) is 0 Å². The van der Waals surface area contributed by atoms with Crippen molar-refractivity contribution in [2.75, 3.05) is 0 Å². The van der Waals surface area contributed by atoms with Crippen LogP contribution in [0.15, 0.2) is 30.3 Å². The van der Waals surface area contributed by atoms with E-state index >= 15 is 0 Å². The van der Waals surface area contributed by atoms with E-state index in [9.17, 15) is 13.2 Å². The maximum atomic E-state index is 13.4.